The fourth-order valence-corrected chi connectivity index (χ4v) is 2.19. The lowest BCUT2D eigenvalue weighted by atomic mass is 10.1. The molecule has 0 spiro atoms. The Labute approximate surface area is 140 Å². The Balaban J connectivity index is 0.00000441. The molecule has 22 heavy (non-hydrogen) atoms. The van der Waals surface area contributed by atoms with Crippen LogP contribution in [-0.4, -0.2) is 37.6 Å². The number of hydrogen-bond acceptors (Lipinski definition) is 1. The number of carbonyl (C=O) groups excluding carboxylic acids is 1. The molecule has 0 unspecified atom stereocenters. The molecule has 0 saturated heterocycles. The minimum atomic E-state index is -0.0553. The van der Waals surface area contributed by atoms with Crippen molar-refractivity contribution in [3.63, 3.8) is 0 Å². The van der Waals surface area contributed by atoms with Gasteiger partial charge in [-0.1, -0.05) is 43.5 Å². The van der Waals surface area contributed by atoms with Crippen LogP contribution in [0.2, 0.25) is 0 Å². The van der Waals surface area contributed by atoms with Crippen LogP contribution in [0.5, 0.6) is 0 Å². The molecule has 1 N–H and O–H groups in total. The summed E-state index contributed by atoms with van der Waals surface area (Å²) in [5.41, 5.74) is 3.02. The van der Waals surface area contributed by atoms with E-state index in [1.54, 1.807) is 6.92 Å². The maximum absolute atomic E-state index is 11.4. The van der Waals surface area contributed by atoms with Crippen LogP contribution in [0, 0.1) is 0 Å². The number of quaternary nitrogens is 1. The molecule has 0 aliphatic carbocycles. The number of benzene rings is 1. The van der Waals surface area contributed by atoms with Crippen molar-refractivity contribution < 1.29 is 21.7 Å². The van der Waals surface area contributed by atoms with Crippen LogP contribution in [0.4, 0.5) is 0 Å². The number of rotatable bonds is 8. The summed E-state index contributed by atoms with van der Waals surface area (Å²) < 4.78 is 0.899. The Hall–Kier alpha value is -1.58. The molecule has 1 rings (SSSR count). The summed E-state index contributed by atoms with van der Waals surface area (Å²) in [5.74, 6) is -0.0553. The zero-order valence-corrected chi connectivity index (χ0v) is 14.6. The van der Waals surface area contributed by atoms with Crippen molar-refractivity contribution in [1.29, 1.82) is 0 Å². The van der Waals surface area contributed by atoms with Crippen molar-refractivity contribution in [2.45, 2.75) is 19.9 Å². The van der Waals surface area contributed by atoms with Crippen LogP contribution in [-0.2, 0) is 11.3 Å². The number of halogens is 1. The van der Waals surface area contributed by atoms with Gasteiger partial charge in [-0.25, -0.2) is 0 Å². The van der Waals surface area contributed by atoms with Crippen LogP contribution < -0.4 is 17.7 Å². The van der Waals surface area contributed by atoms with Crippen molar-refractivity contribution in [2.75, 3.05) is 27.2 Å². The number of nitrogens with one attached hydrogen (secondary N) is 1. The average Bonchev–Trinajstić information content (AvgIpc) is 2.43. The summed E-state index contributed by atoms with van der Waals surface area (Å²) in [4.78, 5) is 11.4. The van der Waals surface area contributed by atoms with Crippen LogP contribution in [0.25, 0.3) is 6.08 Å². The molecule has 4 heteroatoms. The van der Waals surface area contributed by atoms with Gasteiger partial charge in [0.05, 0.1) is 20.6 Å². The molecule has 1 aromatic carbocycles. The summed E-state index contributed by atoms with van der Waals surface area (Å²) in [6, 6.07) is 8.49. The first-order chi connectivity index (χ1) is 9.84. The highest BCUT2D eigenvalue weighted by atomic mass is 35.5. The second-order valence-electron chi connectivity index (χ2n) is 6.15. The predicted molar refractivity (Wildman–Crippen MR) is 89.7 cm³/mol. The first-order valence-corrected chi connectivity index (χ1v) is 7.31. The molecule has 0 fully saturated rings. The molecular formula is C18H27ClN2O. The van der Waals surface area contributed by atoms with Crippen LogP contribution >= 0.6 is 0 Å². The summed E-state index contributed by atoms with van der Waals surface area (Å²) in [6.07, 6.45) is 2.81. The predicted octanol–water partition coefficient (Wildman–Crippen LogP) is -0.00760. The van der Waals surface area contributed by atoms with Gasteiger partial charge < -0.3 is 22.2 Å². The molecule has 0 saturated carbocycles. The second kappa shape index (κ2) is 9.44. The van der Waals surface area contributed by atoms with Crippen molar-refractivity contribution >= 4 is 12.0 Å². The second-order valence-corrected chi connectivity index (χ2v) is 6.15. The maximum Gasteiger partial charge on any atom is 0.246 e. The van der Waals surface area contributed by atoms with Gasteiger partial charge in [-0.15, -0.1) is 0 Å². The van der Waals surface area contributed by atoms with Gasteiger partial charge in [0.25, 0.3) is 0 Å². The van der Waals surface area contributed by atoms with Gasteiger partial charge in [-0.2, -0.15) is 0 Å². The van der Waals surface area contributed by atoms with E-state index < -0.39 is 0 Å². The van der Waals surface area contributed by atoms with Gasteiger partial charge in [0.1, 0.15) is 6.54 Å². The lowest BCUT2D eigenvalue weighted by Crippen LogP contribution is -3.00. The summed E-state index contributed by atoms with van der Waals surface area (Å²) in [6.45, 7) is 11.8. The normalized spacial score (nSPS) is 10.5. The van der Waals surface area contributed by atoms with Crippen LogP contribution in [0.3, 0.4) is 0 Å². The SMILES string of the molecule is C=Cc1ccc(C[N+](C)(C)CCCNC(=O)C(=C)C)cc1.[Cl-]. The zero-order valence-electron chi connectivity index (χ0n) is 13.9. The van der Waals surface area contributed by atoms with Gasteiger partial charge >= 0.3 is 0 Å². The zero-order chi connectivity index (χ0) is 15.9. The quantitative estimate of drug-likeness (QED) is 0.407. The number of carbonyl (C=O) groups is 1. The third kappa shape index (κ3) is 7.43. The van der Waals surface area contributed by atoms with E-state index in [-0.39, 0.29) is 18.3 Å². The number of amides is 1. The molecule has 0 aromatic heterocycles. The Kier molecular flexibility index (Phi) is 8.76. The van der Waals surface area contributed by atoms with Crippen LogP contribution in [0.15, 0.2) is 43.0 Å². The standard InChI is InChI=1S/C18H26N2O.ClH/c1-6-16-8-10-17(11-9-16)14-20(4,5)13-7-12-19-18(21)15(2)3;/h6,8-11H,1-2,7,12-14H2,3-5H3;1H. The van der Waals surface area contributed by atoms with Gasteiger partial charge in [0, 0.05) is 24.1 Å². The number of nitrogens with zero attached hydrogens (tertiary/aromatic N) is 1. The monoisotopic (exact) mass is 322 g/mol. The fourth-order valence-electron chi connectivity index (χ4n) is 2.19. The van der Waals surface area contributed by atoms with Crippen molar-refractivity contribution in [3.8, 4) is 0 Å². The smallest absolute Gasteiger partial charge is 0.246 e. The lowest BCUT2D eigenvalue weighted by Gasteiger charge is -2.30. The molecule has 3 nitrogen and oxygen atoms in total. The third-order valence-corrected chi connectivity index (χ3v) is 3.44. The van der Waals surface area contributed by atoms with E-state index in [1.807, 2.05) is 6.08 Å². The van der Waals surface area contributed by atoms with E-state index in [9.17, 15) is 4.79 Å². The van der Waals surface area contributed by atoms with Gasteiger partial charge in [-0.05, 0) is 12.5 Å². The van der Waals surface area contributed by atoms with Gasteiger partial charge in [-0.3, -0.25) is 4.79 Å². The molecular weight excluding hydrogens is 296 g/mol. The minimum Gasteiger partial charge on any atom is -1.00 e. The van der Waals surface area contributed by atoms with Gasteiger partial charge in [0.2, 0.25) is 5.91 Å². The van der Waals surface area contributed by atoms with E-state index in [0.717, 1.165) is 29.6 Å². The Morgan fingerprint density at radius 2 is 1.86 bits per heavy atom. The first-order valence-electron chi connectivity index (χ1n) is 7.31. The molecule has 0 aliphatic rings. The largest absolute Gasteiger partial charge is 1.00 e. The average molecular weight is 323 g/mol. The molecule has 0 heterocycles. The van der Waals surface area contributed by atoms with E-state index in [1.165, 1.54) is 5.56 Å². The topological polar surface area (TPSA) is 29.1 Å². The van der Waals surface area contributed by atoms with Gasteiger partial charge in [0.15, 0.2) is 0 Å². The van der Waals surface area contributed by atoms with E-state index >= 15 is 0 Å². The Morgan fingerprint density at radius 3 is 2.36 bits per heavy atom. The molecule has 0 radical (unpaired) electrons. The molecule has 0 aliphatic heterocycles. The van der Waals surface area contributed by atoms with Crippen molar-refractivity contribution in [3.05, 3.63) is 54.1 Å². The lowest BCUT2D eigenvalue weighted by molar-refractivity contribution is -0.903. The minimum absolute atomic E-state index is 0. The Bertz CT molecular complexity index is 506. The Morgan fingerprint density at radius 1 is 1.27 bits per heavy atom. The van der Waals surface area contributed by atoms with Crippen molar-refractivity contribution in [1.82, 2.24) is 5.32 Å². The summed E-state index contributed by atoms with van der Waals surface area (Å²) >= 11 is 0. The van der Waals surface area contributed by atoms with Crippen molar-refractivity contribution in [2.24, 2.45) is 0 Å². The molecule has 122 valence electrons. The van der Waals surface area contributed by atoms with E-state index in [0.29, 0.717) is 12.1 Å². The summed E-state index contributed by atoms with van der Waals surface area (Å²) in [5, 5.41) is 2.87. The summed E-state index contributed by atoms with van der Waals surface area (Å²) in [7, 11) is 4.42. The van der Waals surface area contributed by atoms with E-state index in [4.69, 9.17) is 0 Å². The van der Waals surface area contributed by atoms with Crippen LogP contribution in [0.1, 0.15) is 24.5 Å². The number of hydrogen-bond donors (Lipinski definition) is 1. The highest BCUT2D eigenvalue weighted by Gasteiger charge is 2.15. The van der Waals surface area contributed by atoms with E-state index in [2.05, 4.69) is 56.8 Å². The molecule has 0 atom stereocenters. The first kappa shape index (κ1) is 20.4. The highest BCUT2D eigenvalue weighted by Crippen LogP contribution is 2.12. The molecule has 1 amide bonds. The highest BCUT2D eigenvalue weighted by molar-refractivity contribution is 5.91. The third-order valence-electron chi connectivity index (χ3n) is 3.44. The maximum atomic E-state index is 11.4. The molecule has 0 bridgehead atoms. The fraction of sp³-hybridized carbons (Fsp3) is 0.389. The molecule has 1 aromatic rings.